The van der Waals surface area contributed by atoms with E-state index >= 15 is 0 Å². The van der Waals surface area contributed by atoms with E-state index in [4.69, 9.17) is 0 Å². The molecule has 0 saturated heterocycles. The third kappa shape index (κ3) is 3.52. The molecule has 0 aliphatic rings. The Hall–Kier alpha value is -2.18. The van der Waals surface area contributed by atoms with E-state index in [-0.39, 0.29) is 11.5 Å². The Labute approximate surface area is 135 Å². The first-order chi connectivity index (χ1) is 10.7. The molecular formula is C16H14N2O2S2. The van der Waals surface area contributed by atoms with Gasteiger partial charge in [0.05, 0.1) is 18.7 Å². The quantitative estimate of drug-likeness (QED) is 0.780. The lowest BCUT2D eigenvalue weighted by atomic mass is 10.2. The summed E-state index contributed by atoms with van der Waals surface area (Å²) >= 11 is 3.26. The molecule has 0 radical (unpaired) electrons. The number of aromatic amines is 1. The van der Waals surface area contributed by atoms with Crippen molar-refractivity contribution in [3.63, 3.8) is 0 Å². The SMILES string of the molecule is O=C(c1ccc(=O)[nH]c1)N(Cc1cccs1)Cc1cccs1. The first-order valence-corrected chi connectivity index (χ1v) is 8.51. The number of hydrogen-bond donors (Lipinski definition) is 1. The Morgan fingerprint density at radius 3 is 2.09 bits per heavy atom. The highest BCUT2D eigenvalue weighted by Crippen LogP contribution is 2.19. The van der Waals surface area contributed by atoms with Crippen LogP contribution < -0.4 is 5.56 Å². The molecule has 112 valence electrons. The molecule has 0 saturated carbocycles. The largest absolute Gasteiger partial charge is 0.328 e. The predicted molar refractivity (Wildman–Crippen MR) is 89.3 cm³/mol. The molecule has 4 nitrogen and oxygen atoms in total. The van der Waals surface area contributed by atoms with Gasteiger partial charge >= 0.3 is 0 Å². The molecular weight excluding hydrogens is 316 g/mol. The third-order valence-electron chi connectivity index (χ3n) is 3.17. The van der Waals surface area contributed by atoms with Crippen LogP contribution in [-0.4, -0.2) is 15.8 Å². The summed E-state index contributed by atoms with van der Waals surface area (Å²) in [6.07, 6.45) is 1.47. The molecule has 0 aromatic carbocycles. The van der Waals surface area contributed by atoms with Crippen LogP contribution in [0.25, 0.3) is 0 Å². The number of hydrogen-bond acceptors (Lipinski definition) is 4. The number of H-pyrrole nitrogens is 1. The molecule has 1 amide bonds. The zero-order valence-electron chi connectivity index (χ0n) is 11.7. The van der Waals surface area contributed by atoms with Gasteiger partial charge in [-0.05, 0) is 29.0 Å². The van der Waals surface area contributed by atoms with Crippen LogP contribution in [0, 0.1) is 0 Å². The van der Waals surface area contributed by atoms with E-state index < -0.39 is 0 Å². The zero-order valence-corrected chi connectivity index (χ0v) is 13.3. The highest BCUT2D eigenvalue weighted by atomic mass is 32.1. The summed E-state index contributed by atoms with van der Waals surface area (Å²) in [7, 11) is 0. The molecule has 0 bridgehead atoms. The van der Waals surface area contributed by atoms with Crippen molar-refractivity contribution in [3.8, 4) is 0 Å². The number of rotatable bonds is 5. The molecule has 6 heteroatoms. The summed E-state index contributed by atoms with van der Waals surface area (Å²) in [5, 5.41) is 4.01. The maximum Gasteiger partial charge on any atom is 0.255 e. The Morgan fingerprint density at radius 2 is 1.64 bits per heavy atom. The molecule has 0 unspecified atom stereocenters. The lowest BCUT2D eigenvalue weighted by Gasteiger charge is -2.21. The minimum Gasteiger partial charge on any atom is -0.328 e. The van der Waals surface area contributed by atoms with E-state index in [1.807, 2.05) is 35.0 Å². The molecule has 1 N–H and O–H groups in total. The molecule has 3 aromatic rings. The van der Waals surface area contributed by atoms with Crippen molar-refractivity contribution in [3.05, 3.63) is 79.0 Å². The highest BCUT2D eigenvalue weighted by molar-refractivity contribution is 7.10. The van der Waals surface area contributed by atoms with Gasteiger partial charge in [-0.25, -0.2) is 0 Å². The second kappa shape index (κ2) is 6.72. The Balaban J connectivity index is 1.84. The van der Waals surface area contributed by atoms with Crippen molar-refractivity contribution in [2.45, 2.75) is 13.1 Å². The number of nitrogens with one attached hydrogen (secondary N) is 1. The van der Waals surface area contributed by atoms with E-state index in [1.54, 1.807) is 33.6 Å². The second-order valence-corrected chi connectivity index (χ2v) is 6.83. The van der Waals surface area contributed by atoms with Gasteiger partial charge in [0.15, 0.2) is 0 Å². The average Bonchev–Trinajstić information content (AvgIpc) is 3.20. The number of amides is 1. The van der Waals surface area contributed by atoms with Gasteiger partial charge in [-0.1, -0.05) is 12.1 Å². The molecule has 3 rings (SSSR count). The fourth-order valence-electron chi connectivity index (χ4n) is 2.11. The van der Waals surface area contributed by atoms with Gasteiger partial charge in [0, 0.05) is 22.0 Å². The molecule has 22 heavy (non-hydrogen) atoms. The summed E-state index contributed by atoms with van der Waals surface area (Å²) in [5.74, 6) is -0.0851. The van der Waals surface area contributed by atoms with Gasteiger partial charge in [-0.15, -0.1) is 22.7 Å². The van der Waals surface area contributed by atoms with Crippen molar-refractivity contribution >= 4 is 28.6 Å². The van der Waals surface area contributed by atoms with Gasteiger partial charge in [-0.2, -0.15) is 0 Å². The average molecular weight is 330 g/mol. The van der Waals surface area contributed by atoms with Gasteiger partial charge in [-0.3, -0.25) is 9.59 Å². The number of nitrogens with zero attached hydrogens (tertiary/aromatic N) is 1. The standard InChI is InChI=1S/C16H14N2O2S2/c19-15-6-5-12(9-17-15)16(20)18(10-13-3-1-7-21-13)11-14-4-2-8-22-14/h1-9H,10-11H2,(H,17,19). The third-order valence-corrected chi connectivity index (χ3v) is 4.89. The molecule has 0 aliphatic carbocycles. The van der Waals surface area contributed by atoms with Crippen LogP contribution in [0.1, 0.15) is 20.1 Å². The summed E-state index contributed by atoms with van der Waals surface area (Å²) in [6, 6.07) is 10.9. The monoisotopic (exact) mass is 330 g/mol. The maximum atomic E-state index is 12.7. The smallest absolute Gasteiger partial charge is 0.255 e. The van der Waals surface area contributed by atoms with Gasteiger partial charge < -0.3 is 9.88 Å². The van der Waals surface area contributed by atoms with Crippen LogP contribution in [-0.2, 0) is 13.1 Å². The lowest BCUT2D eigenvalue weighted by Crippen LogP contribution is -2.30. The molecule has 0 fully saturated rings. The van der Waals surface area contributed by atoms with Gasteiger partial charge in [0.25, 0.3) is 5.91 Å². The normalized spacial score (nSPS) is 10.5. The minimum atomic E-state index is -0.209. The Kier molecular flexibility index (Phi) is 4.50. The second-order valence-electron chi connectivity index (χ2n) is 4.76. The van der Waals surface area contributed by atoms with Crippen molar-refractivity contribution < 1.29 is 4.79 Å². The summed E-state index contributed by atoms with van der Waals surface area (Å²) in [5.41, 5.74) is 0.285. The molecule has 3 aromatic heterocycles. The number of carbonyl (C=O) groups is 1. The van der Waals surface area contributed by atoms with Crippen LogP contribution in [0.3, 0.4) is 0 Å². The van der Waals surface area contributed by atoms with Crippen LogP contribution in [0.15, 0.2) is 58.1 Å². The van der Waals surface area contributed by atoms with Crippen molar-refractivity contribution in [1.82, 2.24) is 9.88 Å². The van der Waals surface area contributed by atoms with Crippen molar-refractivity contribution in [2.24, 2.45) is 0 Å². The van der Waals surface area contributed by atoms with Crippen LogP contribution in [0.2, 0.25) is 0 Å². The van der Waals surface area contributed by atoms with E-state index in [0.29, 0.717) is 18.7 Å². The van der Waals surface area contributed by atoms with Gasteiger partial charge in [0.1, 0.15) is 0 Å². The Bertz CT molecular complexity index is 735. The van der Waals surface area contributed by atoms with Crippen LogP contribution >= 0.6 is 22.7 Å². The number of aromatic nitrogens is 1. The van der Waals surface area contributed by atoms with E-state index in [2.05, 4.69) is 4.98 Å². The fraction of sp³-hybridized carbons (Fsp3) is 0.125. The van der Waals surface area contributed by atoms with E-state index in [9.17, 15) is 9.59 Å². The lowest BCUT2D eigenvalue weighted by molar-refractivity contribution is 0.0733. The molecule has 0 spiro atoms. The molecule has 3 heterocycles. The molecule has 0 aliphatic heterocycles. The van der Waals surface area contributed by atoms with Crippen LogP contribution in [0.4, 0.5) is 0 Å². The summed E-state index contributed by atoms with van der Waals surface area (Å²) in [6.45, 7) is 1.13. The Morgan fingerprint density at radius 1 is 1.00 bits per heavy atom. The maximum absolute atomic E-state index is 12.7. The first kappa shape index (κ1) is 14.7. The first-order valence-electron chi connectivity index (χ1n) is 6.75. The topological polar surface area (TPSA) is 53.2 Å². The fourth-order valence-corrected chi connectivity index (χ4v) is 3.55. The molecule has 0 atom stereocenters. The minimum absolute atomic E-state index is 0.0851. The van der Waals surface area contributed by atoms with E-state index in [1.165, 1.54) is 12.3 Å². The number of carbonyl (C=O) groups excluding carboxylic acids is 1. The summed E-state index contributed by atoms with van der Waals surface area (Å²) < 4.78 is 0. The number of pyridine rings is 1. The highest BCUT2D eigenvalue weighted by Gasteiger charge is 2.17. The zero-order chi connectivity index (χ0) is 15.4. The summed E-state index contributed by atoms with van der Waals surface area (Å²) in [4.78, 5) is 30.5. The van der Waals surface area contributed by atoms with Gasteiger partial charge in [0.2, 0.25) is 5.56 Å². The predicted octanol–water partition coefficient (Wildman–Crippen LogP) is 3.34. The number of thiophene rings is 2. The van der Waals surface area contributed by atoms with Crippen LogP contribution in [0.5, 0.6) is 0 Å². The van der Waals surface area contributed by atoms with Crippen molar-refractivity contribution in [1.29, 1.82) is 0 Å². The van der Waals surface area contributed by atoms with E-state index in [0.717, 1.165) is 9.75 Å². The van der Waals surface area contributed by atoms with Crippen molar-refractivity contribution in [2.75, 3.05) is 0 Å².